The maximum absolute atomic E-state index is 12.6. The van der Waals surface area contributed by atoms with Gasteiger partial charge in [-0.15, -0.1) is 0 Å². The summed E-state index contributed by atoms with van der Waals surface area (Å²) in [4.78, 5) is 25.9. The molecule has 0 aliphatic rings. The van der Waals surface area contributed by atoms with Crippen molar-refractivity contribution in [2.24, 2.45) is 0 Å². The van der Waals surface area contributed by atoms with Crippen LogP contribution in [0, 0.1) is 0 Å². The molecule has 0 saturated carbocycles. The number of methoxy groups -OCH3 is 3. The molecule has 2 aromatic rings. The van der Waals surface area contributed by atoms with Gasteiger partial charge in [0.1, 0.15) is 0 Å². The van der Waals surface area contributed by atoms with Crippen molar-refractivity contribution in [3.05, 3.63) is 53.1 Å². The zero-order chi connectivity index (χ0) is 20.7. The van der Waals surface area contributed by atoms with Crippen molar-refractivity contribution < 1.29 is 23.8 Å². The van der Waals surface area contributed by atoms with Crippen LogP contribution in [0.4, 0.5) is 0 Å². The predicted octanol–water partition coefficient (Wildman–Crippen LogP) is 2.27. The lowest BCUT2D eigenvalue weighted by atomic mass is 10.1. The Bertz CT molecular complexity index is 808. The Morgan fingerprint density at radius 1 is 0.929 bits per heavy atom. The molecule has 0 unspecified atom stereocenters. The van der Waals surface area contributed by atoms with Crippen LogP contribution in [0.1, 0.15) is 21.5 Å². The van der Waals surface area contributed by atoms with Crippen LogP contribution in [-0.4, -0.2) is 52.1 Å². The molecule has 0 aromatic heterocycles. The average molecular weight is 386 g/mol. The highest BCUT2D eigenvalue weighted by molar-refractivity contribution is 5.93. The first-order valence-electron chi connectivity index (χ1n) is 8.77. The van der Waals surface area contributed by atoms with E-state index in [1.807, 2.05) is 12.1 Å². The molecule has 7 heteroatoms. The van der Waals surface area contributed by atoms with E-state index < -0.39 is 0 Å². The number of benzene rings is 2. The summed E-state index contributed by atoms with van der Waals surface area (Å²) in [5, 5.41) is 2.58. The van der Waals surface area contributed by atoms with Crippen molar-refractivity contribution in [3.63, 3.8) is 0 Å². The van der Waals surface area contributed by atoms with Gasteiger partial charge in [0.15, 0.2) is 11.5 Å². The smallest absolute Gasteiger partial charge is 0.251 e. The molecule has 0 radical (unpaired) electrons. The Hall–Kier alpha value is -3.22. The molecule has 0 spiro atoms. The van der Waals surface area contributed by atoms with Crippen LogP contribution in [0.2, 0.25) is 0 Å². The Balaban J connectivity index is 2.09. The molecule has 28 heavy (non-hydrogen) atoms. The molecule has 2 aromatic carbocycles. The van der Waals surface area contributed by atoms with Gasteiger partial charge in [0.2, 0.25) is 11.7 Å². The Morgan fingerprint density at radius 3 is 1.96 bits per heavy atom. The number of nitrogens with zero attached hydrogens (tertiary/aromatic N) is 1. The fourth-order valence-electron chi connectivity index (χ4n) is 2.81. The van der Waals surface area contributed by atoms with Crippen molar-refractivity contribution in [2.45, 2.75) is 13.0 Å². The third-order valence-corrected chi connectivity index (χ3v) is 4.37. The number of carbonyl (C=O) groups is 2. The largest absolute Gasteiger partial charge is 0.493 e. The van der Waals surface area contributed by atoms with Crippen LogP contribution >= 0.6 is 0 Å². The maximum atomic E-state index is 12.6. The molecule has 2 rings (SSSR count). The van der Waals surface area contributed by atoms with Crippen LogP contribution in [0.25, 0.3) is 0 Å². The van der Waals surface area contributed by atoms with Crippen LogP contribution in [0.3, 0.4) is 0 Å². The van der Waals surface area contributed by atoms with Crippen LogP contribution in [-0.2, 0) is 17.8 Å². The molecule has 0 fully saturated rings. The molecule has 2 amide bonds. The molecule has 150 valence electrons. The number of ether oxygens (including phenoxy) is 3. The fraction of sp³-hybridized carbons (Fsp3) is 0.333. The first-order valence-corrected chi connectivity index (χ1v) is 8.77. The highest BCUT2D eigenvalue weighted by Crippen LogP contribution is 2.38. The van der Waals surface area contributed by atoms with E-state index in [0.29, 0.717) is 29.4 Å². The minimum Gasteiger partial charge on any atom is -0.493 e. The lowest BCUT2D eigenvalue weighted by Gasteiger charge is -2.19. The van der Waals surface area contributed by atoms with E-state index in [1.54, 1.807) is 43.3 Å². The zero-order valence-corrected chi connectivity index (χ0v) is 16.9. The molecule has 7 nitrogen and oxygen atoms in total. The number of hydrogen-bond acceptors (Lipinski definition) is 5. The molecule has 0 atom stereocenters. The molecule has 0 saturated heterocycles. The maximum Gasteiger partial charge on any atom is 0.251 e. The van der Waals surface area contributed by atoms with Gasteiger partial charge in [0.25, 0.3) is 5.91 Å². The summed E-state index contributed by atoms with van der Waals surface area (Å²) in [5.74, 6) is 1.32. The number of amides is 2. The number of carbonyl (C=O) groups excluding carboxylic acids is 2. The highest BCUT2D eigenvalue weighted by Gasteiger charge is 2.17. The minimum atomic E-state index is -0.140. The van der Waals surface area contributed by atoms with Crippen LogP contribution < -0.4 is 19.5 Å². The first kappa shape index (κ1) is 21.1. The summed E-state index contributed by atoms with van der Waals surface area (Å²) in [6.07, 6.45) is 0.198. The van der Waals surface area contributed by atoms with Crippen molar-refractivity contribution >= 4 is 11.8 Å². The summed E-state index contributed by atoms with van der Waals surface area (Å²) >= 11 is 0. The van der Waals surface area contributed by atoms with E-state index in [1.165, 1.54) is 21.3 Å². The van der Waals surface area contributed by atoms with Gasteiger partial charge >= 0.3 is 0 Å². The normalized spacial score (nSPS) is 10.2. The summed E-state index contributed by atoms with van der Waals surface area (Å²) in [6.45, 7) is 0.442. The number of nitrogens with one attached hydrogen (secondary N) is 1. The second-order valence-electron chi connectivity index (χ2n) is 6.24. The molecule has 0 heterocycles. The Kier molecular flexibility index (Phi) is 7.26. The molecule has 0 bridgehead atoms. The first-order chi connectivity index (χ1) is 13.4. The van der Waals surface area contributed by atoms with Crippen molar-refractivity contribution in [1.82, 2.24) is 10.2 Å². The lowest BCUT2D eigenvalue weighted by molar-refractivity contribution is -0.129. The molecular formula is C21H26N2O5. The van der Waals surface area contributed by atoms with E-state index in [9.17, 15) is 9.59 Å². The molecular weight excluding hydrogens is 360 g/mol. The van der Waals surface area contributed by atoms with Gasteiger partial charge in [-0.1, -0.05) is 12.1 Å². The van der Waals surface area contributed by atoms with Crippen molar-refractivity contribution in [2.75, 3.05) is 35.4 Å². The van der Waals surface area contributed by atoms with Crippen molar-refractivity contribution in [1.29, 1.82) is 0 Å². The second-order valence-corrected chi connectivity index (χ2v) is 6.24. The van der Waals surface area contributed by atoms with E-state index >= 15 is 0 Å². The highest BCUT2D eigenvalue weighted by atomic mass is 16.5. The number of likely N-dealkylation sites (N-methyl/N-ethyl adjacent to an activating group) is 1. The number of hydrogen-bond donors (Lipinski definition) is 1. The van der Waals surface area contributed by atoms with Gasteiger partial charge in [-0.2, -0.15) is 0 Å². The molecule has 1 N–H and O–H groups in total. The topological polar surface area (TPSA) is 77.1 Å². The SMILES string of the molecule is CNC(=O)c1ccc(CN(C)C(=O)Cc2cc(OC)c(OC)c(OC)c2)cc1. The summed E-state index contributed by atoms with van der Waals surface area (Å²) in [7, 11) is 7.95. The Labute approximate surface area is 165 Å². The van der Waals surface area contributed by atoms with Gasteiger partial charge in [0.05, 0.1) is 27.8 Å². The summed E-state index contributed by atoms with van der Waals surface area (Å²) in [5.41, 5.74) is 2.28. The fourth-order valence-corrected chi connectivity index (χ4v) is 2.81. The summed E-state index contributed by atoms with van der Waals surface area (Å²) in [6, 6.07) is 10.7. The van der Waals surface area contributed by atoms with E-state index in [2.05, 4.69) is 5.32 Å². The molecule has 0 aliphatic carbocycles. The Morgan fingerprint density at radius 2 is 1.50 bits per heavy atom. The number of rotatable bonds is 8. The van der Waals surface area contributed by atoms with E-state index in [-0.39, 0.29) is 18.2 Å². The van der Waals surface area contributed by atoms with Gasteiger partial charge in [-0.25, -0.2) is 0 Å². The minimum absolute atomic E-state index is 0.0512. The quantitative estimate of drug-likeness (QED) is 0.753. The third kappa shape index (κ3) is 4.94. The lowest BCUT2D eigenvalue weighted by Crippen LogP contribution is -2.27. The van der Waals surface area contributed by atoms with E-state index in [0.717, 1.165) is 11.1 Å². The molecule has 0 aliphatic heterocycles. The summed E-state index contributed by atoms with van der Waals surface area (Å²) < 4.78 is 16.0. The predicted molar refractivity (Wildman–Crippen MR) is 106 cm³/mol. The van der Waals surface area contributed by atoms with Crippen LogP contribution in [0.15, 0.2) is 36.4 Å². The monoisotopic (exact) mass is 386 g/mol. The van der Waals surface area contributed by atoms with Crippen molar-refractivity contribution in [3.8, 4) is 17.2 Å². The van der Waals surface area contributed by atoms with Gasteiger partial charge in [-0.05, 0) is 35.4 Å². The van der Waals surface area contributed by atoms with Gasteiger partial charge < -0.3 is 24.4 Å². The van der Waals surface area contributed by atoms with Gasteiger partial charge in [0, 0.05) is 26.2 Å². The van der Waals surface area contributed by atoms with Gasteiger partial charge in [-0.3, -0.25) is 9.59 Å². The van der Waals surface area contributed by atoms with Crippen LogP contribution in [0.5, 0.6) is 17.2 Å². The average Bonchev–Trinajstić information content (AvgIpc) is 2.72. The zero-order valence-electron chi connectivity index (χ0n) is 16.9. The third-order valence-electron chi connectivity index (χ3n) is 4.37. The second kappa shape index (κ2) is 9.64. The van der Waals surface area contributed by atoms with E-state index in [4.69, 9.17) is 14.2 Å². The standard InChI is InChI=1S/C21H26N2O5/c1-22-21(25)16-8-6-14(7-9-16)13-23(2)19(24)12-15-10-17(26-3)20(28-5)18(11-15)27-4/h6-11H,12-13H2,1-5H3,(H,22,25).